The molecular weight excluding hydrogens is 264 g/mol. The number of nitrogens with zero attached hydrogens (tertiary/aromatic N) is 1. The van der Waals surface area contributed by atoms with Crippen LogP contribution in [0.4, 0.5) is 0 Å². The second kappa shape index (κ2) is 8.03. The van der Waals surface area contributed by atoms with Gasteiger partial charge in [0, 0.05) is 24.7 Å². The maximum atomic E-state index is 12.7. The van der Waals surface area contributed by atoms with Crippen molar-refractivity contribution >= 4 is 5.91 Å². The Labute approximate surface area is 127 Å². The number of benzene rings is 1. The van der Waals surface area contributed by atoms with Crippen molar-refractivity contribution in [1.82, 2.24) is 10.2 Å². The fourth-order valence-corrected chi connectivity index (χ4v) is 2.74. The van der Waals surface area contributed by atoms with E-state index < -0.39 is 0 Å². The summed E-state index contributed by atoms with van der Waals surface area (Å²) in [5.41, 5.74) is 0.712. The summed E-state index contributed by atoms with van der Waals surface area (Å²) >= 11 is 0. The van der Waals surface area contributed by atoms with E-state index >= 15 is 0 Å². The molecule has 0 spiro atoms. The minimum Gasteiger partial charge on any atom is -0.497 e. The summed E-state index contributed by atoms with van der Waals surface area (Å²) in [6.45, 7) is 4.85. The predicted octanol–water partition coefficient (Wildman–Crippen LogP) is 2.69. The van der Waals surface area contributed by atoms with Gasteiger partial charge in [0.1, 0.15) is 5.75 Å². The van der Waals surface area contributed by atoms with E-state index in [1.54, 1.807) is 7.11 Å². The molecule has 21 heavy (non-hydrogen) atoms. The molecule has 4 heteroatoms. The largest absolute Gasteiger partial charge is 0.497 e. The highest BCUT2D eigenvalue weighted by molar-refractivity contribution is 5.94. The van der Waals surface area contributed by atoms with E-state index in [2.05, 4.69) is 12.2 Å². The van der Waals surface area contributed by atoms with Gasteiger partial charge in [0.05, 0.1) is 7.11 Å². The van der Waals surface area contributed by atoms with E-state index in [1.165, 1.54) is 6.42 Å². The minimum atomic E-state index is 0.107. The Morgan fingerprint density at radius 3 is 3.00 bits per heavy atom. The van der Waals surface area contributed by atoms with Crippen molar-refractivity contribution in [2.45, 2.75) is 38.6 Å². The summed E-state index contributed by atoms with van der Waals surface area (Å²) in [5, 5.41) is 3.47. The van der Waals surface area contributed by atoms with Crippen LogP contribution in [-0.4, -0.2) is 43.6 Å². The molecule has 0 aliphatic carbocycles. The third-order valence-corrected chi connectivity index (χ3v) is 3.99. The molecule has 1 aliphatic rings. The fraction of sp³-hybridized carbons (Fsp3) is 0.588. The topological polar surface area (TPSA) is 41.6 Å². The Bertz CT molecular complexity index is 456. The molecule has 0 saturated carbocycles. The van der Waals surface area contributed by atoms with Crippen LogP contribution in [-0.2, 0) is 0 Å². The van der Waals surface area contributed by atoms with Crippen LogP contribution in [0.15, 0.2) is 24.3 Å². The lowest BCUT2D eigenvalue weighted by atomic mass is 10.1. The van der Waals surface area contributed by atoms with Gasteiger partial charge >= 0.3 is 0 Å². The summed E-state index contributed by atoms with van der Waals surface area (Å²) in [5.74, 6) is 0.839. The van der Waals surface area contributed by atoms with Crippen LogP contribution >= 0.6 is 0 Å². The Hall–Kier alpha value is -1.55. The fourth-order valence-electron chi connectivity index (χ4n) is 2.74. The third kappa shape index (κ3) is 4.46. The molecular formula is C17H26N2O2. The molecule has 1 heterocycles. The van der Waals surface area contributed by atoms with Gasteiger partial charge in [-0.15, -0.1) is 0 Å². The van der Waals surface area contributed by atoms with Crippen LogP contribution in [0.2, 0.25) is 0 Å². The molecule has 0 aromatic heterocycles. The second-order valence-corrected chi connectivity index (χ2v) is 5.63. The number of ether oxygens (including phenoxy) is 1. The molecule has 0 radical (unpaired) electrons. The van der Waals surface area contributed by atoms with Gasteiger partial charge in [-0.1, -0.05) is 19.4 Å². The van der Waals surface area contributed by atoms with E-state index in [0.717, 1.165) is 44.6 Å². The molecule has 1 saturated heterocycles. The van der Waals surface area contributed by atoms with Gasteiger partial charge in [0.2, 0.25) is 0 Å². The van der Waals surface area contributed by atoms with Gasteiger partial charge in [-0.05, 0) is 44.0 Å². The van der Waals surface area contributed by atoms with Crippen molar-refractivity contribution in [3.8, 4) is 5.75 Å². The van der Waals surface area contributed by atoms with E-state index in [0.29, 0.717) is 11.6 Å². The van der Waals surface area contributed by atoms with Gasteiger partial charge in [-0.2, -0.15) is 0 Å². The van der Waals surface area contributed by atoms with Gasteiger partial charge in [-0.25, -0.2) is 0 Å². The monoisotopic (exact) mass is 290 g/mol. The maximum Gasteiger partial charge on any atom is 0.254 e. The SMILES string of the molecule is CCCCN(CC1CCCN1)C(=O)c1cccc(OC)c1. The summed E-state index contributed by atoms with van der Waals surface area (Å²) in [6, 6.07) is 7.87. The highest BCUT2D eigenvalue weighted by Crippen LogP contribution is 2.16. The number of carbonyl (C=O) groups excluding carboxylic acids is 1. The quantitative estimate of drug-likeness (QED) is 0.839. The smallest absolute Gasteiger partial charge is 0.254 e. The lowest BCUT2D eigenvalue weighted by Crippen LogP contribution is -2.41. The van der Waals surface area contributed by atoms with Crippen LogP contribution < -0.4 is 10.1 Å². The number of methoxy groups -OCH3 is 1. The summed E-state index contributed by atoms with van der Waals surface area (Å²) < 4.78 is 5.22. The highest BCUT2D eigenvalue weighted by Gasteiger charge is 2.22. The third-order valence-electron chi connectivity index (χ3n) is 3.99. The molecule has 116 valence electrons. The van der Waals surface area contributed by atoms with Crippen molar-refractivity contribution in [1.29, 1.82) is 0 Å². The van der Waals surface area contributed by atoms with E-state index in [1.807, 2.05) is 29.2 Å². The number of hydrogen-bond donors (Lipinski definition) is 1. The van der Waals surface area contributed by atoms with Gasteiger partial charge in [-0.3, -0.25) is 4.79 Å². The molecule has 1 aromatic carbocycles. The van der Waals surface area contributed by atoms with Crippen LogP contribution in [0.3, 0.4) is 0 Å². The Kier molecular flexibility index (Phi) is 6.05. The van der Waals surface area contributed by atoms with Crippen LogP contribution in [0.5, 0.6) is 5.75 Å². The molecule has 1 aromatic rings. The number of amides is 1. The second-order valence-electron chi connectivity index (χ2n) is 5.63. The van der Waals surface area contributed by atoms with E-state index in [-0.39, 0.29) is 5.91 Å². The van der Waals surface area contributed by atoms with Crippen molar-refractivity contribution < 1.29 is 9.53 Å². The zero-order valence-electron chi connectivity index (χ0n) is 13.1. The van der Waals surface area contributed by atoms with Gasteiger partial charge < -0.3 is 15.0 Å². The van der Waals surface area contributed by atoms with E-state index in [9.17, 15) is 4.79 Å². The van der Waals surface area contributed by atoms with Crippen molar-refractivity contribution in [2.24, 2.45) is 0 Å². The van der Waals surface area contributed by atoms with Crippen molar-refractivity contribution in [2.75, 3.05) is 26.7 Å². The zero-order valence-corrected chi connectivity index (χ0v) is 13.1. The number of rotatable bonds is 7. The Balaban J connectivity index is 2.07. The summed E-state index contributed by atoms with van der Waals surface area (Å²) in [4.78, 5) is 14.7. The first kappa shape index (κ1) is 15.8. The first-order valence-electron chi connectivity index (χ1n) is 7.91. The first-order chi connectivity index (χ1) is 10.2. The average Bonchev–Trinajstić information content (AvgIpc) is 3.03. The summed E-state index contributed by atoms with van der Waals surface area (Å²) in [7, 11) is 1.63. The number of carbonyl (C=O) groups is 1. The Morgan fingerprint density at radius 1 is 1.48 bits per heavy atom. The molecule has 1 atom stereocenters. The molecule has 2 rings (SSSR count). The molecule has 1 N–H and O–H groups in total. The van der Waals surface area contributed by atoms with Crippen LogP contribution in [0.25, 0.3) is 0 Å². The summed E-state index contributed by atoms with van der Waals surface area (Å²) in [6.07, 6.45) is 4.51. The average molecular weight is 290 g/mol. The lowest BCUT2D eigenvalue weighted by molar-refractivity contribution is 0.0739. The van der Waals surface area contributed by atoms with Gasteiger partial charge in [0.15, 0.2) is 0 Å². The lowest BCUT2D eigenvalue weighted by Gasteiger charge is -2.26. The van der Waals surface area contributed by atoms with Crippen molar-refractivity contribution in [3.63, 3.8) is 0 Å². The normalized spacial score (nSPS) is 17.7. The van der Waals surface area contributed by atoms with E-state index in [4.69, 9.17) is 4.74 Å². The maximum absolute atomic E-state index is 12.7. The number of hydrogen-bond acceptors (Lipinski definition) is 3. The Morgan fingerprint density at radius 2 is 2.33 bits per heavy atom. The minimum absolute atomic E-state index is 0.107. The molecule has 1 fully saturated rings. The molecule has 1 amide bonds. The van der Waals surface area contributed by atoms with Gasteiger partial charge in [0.25, 0.3) is 5.91 Å². The standard InChI is InChI=1S/C17H26N2O2/c1-3-4-11-19(13-15-8-6-10-18-15)17(20)14-7-5-9-16(12-14)21-2/h5,7,9,12,15,18H,3-4,6,8,10-11,13H2,1-2H3. The molecule has 1 aliphatic heterocycles. The first-order valence-corrected chi connectivity index (χ1v) is 7.91. The molecule has 1 unspecified atom stereocenters. The number of nitrogens with one attached hydrogen (secondary N) is 1. The van der Waals surface area contributed by atoms with Crippen LogP contribution in [0, 0.1) is 0 Å². The molecule has 0 bridgehead atoms. The van der Waals surface area contributed by atoms with Crippen LogP contribution in [0.1, 0.15) is 43.0 Å². The highest BCUT2D eigenvalue weighted by atomic mass is 16.5. The van der Waals surface area contributed by atoms with Crippen molar-refractivity contribution in [3.05, 3.63) is 29.8 Å². The number of unbranched alkanes of at least 4 members (excludes halogenated alkanes) is 1. The predicted molar refractivity (Wildman–Crippen MR) is 84.8 cm³/mol. The zero-order chi connectivity index (χ0) is 15.1. The molecule has 4 nitrogen and oxygen atoms in total.